The third kappa shape index (κ3) is 4.00. The van der Waals surface area contributed by atoms with Crippen molar-refractivity contribution in [2.75, 3.05) is 23.9 Å². The minimum atomic E-state index is -3.16. The van der Waals surface area contributed by atoms with Crippen LogP contribution in [0.3, 0.4) is 0 Å². The van der Waals surface area contributed by atoms with Gasteiger partial charge in [-0.2, -0.15) is 5.26 Å². The number of sulfone groups is 1. The monoisotopic (exact) mass is 260 g/mol. The maximum atomic E-state index is 13.2. The van der Waals surface area contributed by atoms with E-state index >= 15 is 0 Å². The summed E-state index contributed by atoms with van der Waals surface area (Å²) in [5.74, 6) is -1.99. The van der Waals surface area contributed by atoms with E-state index in [0.717, 1.165) is 12.3 Å². The first-order valence-corrected chi connectivity index (χ1v) is 6.70. The van der Waals surface area contributed by atoms with E-state index in [0.29, 0.717) is 6.07 Å². The molecule has 0 radical (unpaired) electrons. The van der Waals surface area contributed by atoms with Crippen molar-refractivity contribution in [3.05, 3.63) is 29.3 Å². The Balaban J connectivity index is 2.82. The maximum Gasteiger partial charge on any atom is 0.149 e. The highest BCUT2D eigenvalue weighted by Crippen LogP contribution is 2.18. The summed E-state index contributed by atoms with van der Waals surface area (Å²) in [6.07, 6.45) is 1.05. The predicted molar refractivity (Wildman–Crippen MR) is 59.3 cm³/mol. The smallest absolute Gasteiger partial charge is 0.149 e. The Labute approximate surface area is 97.8 Å². The lowest BCUT2D eigenvalue weighted by Gasteiger charge is -2.07. The second kappa shape index (κ2) is 5.10. The minimum Gasteiger partial charge on any atom is -0.382 e. The molecule has 0 spiro atoms. The zero-order valence-electron chi connectivity index (χ0n) is 9.00. The molecule has 0 aliphatic rings. The van der Waals surface area contributed by atoms with Gasteiger partial charge in [0.15, 0.2) is 0 Å². The van der Waals surface area contributed by atoms with Crippen molar-refractivity contribution in [1.82, 2.24) is 0 Å². The molecule has 7 heteroatoms. The number of hydrogen-bond donors (Lipinski definition) is 1. The van der Waals surface area contributed by atoms with Crippen LogP contribution in [0.4, 0.5) is 14.5 Å². The largest absolute Gasteiger partial charge is 0.382 e. The highest BCUT2D eigenvalue weighted by molar-refractivity contribution is 7.90. The summed E-state index contributed by atoms with van der Waals surface area (Å²) in [5.41, 5.74) is -0.389. The number of nitriles is 1. The van der Waals surface area contributed by atoms with Crippen molar-refractivity contribution < 1.29 is 17.2 Å². The Hall–Kier alpha value is -1.68. The molecule has 0 aliphatic heterocycles. The van der Waals surface area contributed by atoms with Crippen molar-refractivity contribution >= 4 is 15.5 Å². The number of anilines is 1. The molecule has 17 heavy (non-hydrogen) atoms. The minimum absolute atomic E-state index is 0.00768. The van der Waals surface area contributed by atoms with Crippen molar-refractivity contribution in [3.8, 4) is 6.07 Å². The molecule has 1 aromatic carbocycles. The zero-order chi connectivity index (χ0) is 13.1. The lowest BCUT2D eigenvalue weighted by atomic mass is 10.2. The van der Waals surface area contributed by atoms with Gasteiger partial charge in [0.25, 0.3) is 0 Å². The number of nitrogens with one attached hydrogen (secondary N) is 1. The molecule has 0 unspecified atom stereocenters. The van der Waals surface area contributed by atoms with E-state index in [9.17, 15) is 17.2 Å². The number of rotatable bonds is 4. The molecule has 0 heterocycles. The standard InChI is InChI=1S/C10H10F2N2O2S/c1-17(15,16)3-2-14-10-4-7(6-13)8(11)5-9(10)12/h4-5,14H,2-3H2,1H3. The van der Waals surface area contributed by atoms with E-state index in [1.165, 1.54) is 0 Å². The first kappa shape index (κ1) is 13.4. The van der Waals surface area contributed by atoms with Crippen LogP contribution in [0.2, 0.25) is 0 Å². The fourth-order valence-electron chi connectivity index (χ4n) is 1.14. The summed E-state index contributed by atoms with van der Waals surface area (Å²) in [5, 5.41) is 11.1. The van der Waals surface area contributed by atoms with Crippen LogP contribution in [0, 0.1) is 23.0 Å². The van der Waals surface area contributed by atoms with Gasteiger partial charge in [0.2, 0.25) is 0 Å². The SMILES string of the molecule is CS(=O)(=O)CCNc1cc(C#N)c(F)cc1F. The highest BCUT2D eigenvalue weighted by Gasteiger charge is 2.10. The molecule has 0 fully saturated rings. The van der Waals surface area contributed by atoms with E-state index < -0.39 is 21.5 Å². The normalized spacial score (nSPS) is 10.9. The van der Waals surface area contributed by atoms with Gasteiger partial charge in [-0.3, -0.25) is 0 Å². The topological polar surface area (TPSA) is 70.0 Å². The Morgan fingerprint density at radius 2 is 2.00 bits per heavy atom. The Kier molecular flexibility index (Phi) is 4.02. The summed E-state index contributed by atoms with van der Waals surface area (Å²) in [6, 6.07) is 3.16. The molecule has 0 saturated carbocycles. The summed E-state index contributed by atoms with van der Waals surface area (Å²) >= 11 is 0. The second-order valence-electron chi connectivity index (χ2n) is 3.48. The van der Waals surface area contributed by atoms with Crippen LogP contribution in [-0.4, -0.2) is 27.0 Å². The van der Waals surface area contributed by atoms with Crippen LogP contribution in [-0.2, 0) is 9.84 Å². The Morgan fingerprint density at radius 1 is 1.35 bits per heavy atom. The number of hydrogen-bond acceptors (Lipinski definition) is 4. The van der Waals surface area contributed by atoms with Gasteiger partial charge < -0.3 is 5.32 Å². The molecule has 0 atom stereocenters. The van der Waals surface area contributed by atoms with Crippen LogP contribution in [0.1, 0.15) is 5.56 Å². The molecule has 1 rings (SSSR count). The van der Waals surface area contributed by atoms with Crippen molar-refractivity contribution in [2.45, 2.75) is 0 Å². The molecular formula is C10H10F2N2O2S. The van der Waals surface area contributed by atoms with E-state index in [4.69, 9.17) is 5.26 Å². The number of benzene rings is 1. The number of nitrogens with zero attached hydrogens (tertiary/aromatic N) is 1. The Bertz CT molecular complexity index is 564. The number of halogens is 2. The molecule has 92 valence electrons. The van der Waals surface area contributed by atoms with Crippen molar-refractivity contribution in [1.29, 1.82) is 5.26 Å². The third-order valence-electron chi connectivity index (χ3n) is 1.97. The van der Waals surface area contributed by atoms with Gasteiger partial charge in [-0.25, -0.2) is 17.2 Å². The van der Waals surface area contributed by atoms with Crippen LogP contribution >= 0.6 is 0 Å². The van der Waals surface area contributed by atoms with Gasteiger partial charge in [-0.1, -0.05) is 0 Å². The van der Waals surface area contributed by atoms with Crippen LogP contribution in [0.5, 0.6) is 0 Å². The lowest BCUT2D eigenvalue weighted by Crippen LogP contribution is -2.15. The molecule has 0 aliphatic carbocycles. The predicted octanol–water partition coefficient (Wildman–Crippen LogP) is 1.29. The lowest BCUT2D eigenvalue weighted by molar-refractivity contribution is 0.582. The summed E-state index contributed by atoms with van der Waals surface area (Å²) < 4.78 is 47.9. The molecule has 1 aromatic rings. The van der Waals surface area contributed by atoms with Crippen LogP contribution in [0.25, 0.3) is 0 Å². The maximum absolute atomic E-state index is 13.2. The van der Waals surface area contributed by atoms with Gasteiger partial charge in [0.05, 0.1) is 17.0 Å². The molecule has 0 bridgehead atoms. The van der Waals surface area contributed by atoms with Gasteiger partial charge in [0.1, 0.15) is 27.5 Å². The molecule has 0 saturated heterocycles. The molecule has 1 N–H and O–H groups in total. The van der Waals surface area contributed by atoms with E-state index in [1.807, 2.05) is 0 Å². The molecule has 0 amide bonds. The summed E-state index contributed by atoms with van der Waals surface area (Å²) in [4.78, 5) is 0. The Morgan fingerprint density at radius 3 is 2.53 bits per heavy atom. The van der Waals surface area contributed by atoms with Gasteiger partial charge in [-0.05, 0) is 6.07 Å². The van der Waals surface area contributed by atoms with E-state index in [1.54, 1.807) is 6.07 Å². The molecule has 0 aromatic heterocycles. The van der Waals surface area contributed by atoms with E-state index in [2.05, 4.69) is 5.32 Å². The van der Waals surface area contributed by atoms with Gasteiger partial charge in [0, 0.05) is 18.9 Å². The van der Waals surface area contributed by atoms with Gasteiger partial charge >= 0.3 is 0 Å². The quantitative estimate of drug-likeness (QED) is 0.885. The average Bonchev–Trinajstić information content (AvgIpc) is 2.19. The first-order valence-electron chi connectivity index (χ1n) is 4.64. The van der Waals surface area contributed by atoms with Crippen molar-refractivity contribution in [3.63, 3.8) is 0 Å². The first-order chi connectivity index (χ1) is 7.83. The van der Waals surface area contributed by atoms with Crippen molar-refractivity contribution in [2.24, 2.45) is 0 Å². The zero-order valence-corrected chi connectivity index (χ0v) is 9.81. The second-order valence-corrected chi connectivity index (χ2v) is 5.74. The van der Waals surface area contributed by atoms with Crippen LogP contribution < -0.4 is 5.32 Å². The fourth-order valence-corrected chi connectivity index (χ4v) is 1.61. The third-order valence-corrected chi connectivity index (χ3v) is 2.91. The summed E-state index contributed by atoms with van der Waals surface area (Å²) in [7, 11) is -3.16. The van der Waals surface area contributed by atoms with Crippen LogP contribution in [0.15, 0.2) is 12.1 Å². The summed E-state index contributed by atoms with van der Waals surface area (Å²) in [6.45, 7) is -0.00768. The fraction of sp³-hybridized carbons (Fsp3) is 0.300. The molecular weight excluding hydrogens is 250 g/mol. The average molecular weight is 260 g/mol. The van der Waals surface area contributed by atoms with Gasteiger partial charge in [-0.15, -0.1) is 0 Å². The molecule has 4 nitrogen and oxygen atoms in total. The highest BCUT2D eigenvalue weighted by atomic mass is 32.2. The van der Waals surface area contributed by atoms with E-state index in [-0.39, 0.29) is 23.5 Å².